The van der Waals surface area contributed by atoms with Crippen molar-refractivity contribution in [2.24, 2.45) is 17.8 Å². The minimum absolute atomic E-state index is 0.0120. The molecule has 2 aliphatic carbocycles. The molecule has 0 N–H and O–H groups in total. The van der Waals surface area contributed by atoms with Crippen LogP contribution in [0.4, 0.5) is 13.2 Å². The molecule has 0 nitrogen and oxygen atoms in total. The summed E-state index contributed by atoms with van der Waals surface area (Å²) in [6.45, 7) is 5.73. The average Bonchev–Trinajstić information content (AvgIpc) is 2.84. The molecule has 0 bridgehead atoms. The predicted molar refractivity (Wildman–Crippen MR) is 133 cm³/mol. The smallest absolute Gasteiger partial charge is 0.174 e. The average molecular weight is 463 g/mol. The fourth-order valence-corrected chi connectivity index (χ4v) is 5.86. The first-order chi connectivity index (χ1) is 16.5. The Morgan fingerprint density at radius 1 is 0.941 bits per heavy atom. The van der Waals surface area contributed by atoms with Crippen LogP contribution in [0.2, 0.25) is 0 Å². The zero-order chi connectivity index (χ0) is 24.1. The first-order valence-corrected chi connectivity index (χ1v) is 12.5. The third kappa shape index (κ3) is 5.49. The van der Waals surface area contributed by atoms with E-state index < -0.39 is 11.6 Å². The van der Waals surface area contributed by atoms with Gasteiger partial charge in [-0.15, -0.1) is 6.58 Å². The molecule has 2 aliphatic rings. The first kappa shape index (κ1) is 24.4. The highest BCUT2D eigenvalue weighted by Gasteiger charge is 2.36. The van der Waals surface area contributed by atoms with Crippen molar-refractivity contribution in [2.75, 3.05) is 0 Å². The van der Waals surface area contributed by atoms with Crippen LogP contribution in [0.1, 0.15) is 80.0 Å². The maximum atomic E-state index is 15.1. The number of aryl methyl sites for hydroxylation is 1. The zero-order valence-electron chi connectivity index (χ0n) is 19.9. The summed E-state index contributed by atoms with van der Waals surface area (Å²) in [5.74, 6) is 5.51. The van der Waals surface area contributed by atoms with Crippen molar-refractivity contribution in [3.63, 3.8) is 0 Å². The molecular weight excluding hydrogens is 429 g/mol. The van der Waals surface area contributed by atoms with E-state index in [1.54, 1.807) is 30.3 Å². The van der Waals surface area contributed by atoms with Gasteiger partial charge >= 0.3 is 0 Å². The fraction of sp³-hybridized carbons (Fsp3) is 0.419. The van der Waals surface area contributed by atoms with Gasteiger partial charge in [-0.25, -0.2) is 13.2 Å². The van der Waals surface area contributed by atoms with Gasteiger partial charge < -0.3 is 0 Å². The van der Waals surface area contributed by atoms with E-state index in [2.05, 4.69) is 37.5 Å². The topological polar surface area (TPSA) is 0 Å². The van der Waals surface area contributed by atoms with Crippen molar-refractivity contribution in [3.8, 4) is 11.8 Å². The molecule has 0 heterocycles. The minimum Gasteiger partial charge on any atom is -0.207 e. The number of fused-ring (bicyclic) bond motifs is 1. The van der Waals surface area contributed by atoms with E-state index in [9.17, 15) is 8.78 Å². The summed E-state index contributed by atoms with van der Waals surface area (Å²) < 4.78 is 44.2. The second-order valence-electron chi connectivity index (χ2n) is 9.84. The minimum atomic E-state index is -0.896. The number of hydrogen-bond acceptors (Lipinski definition) is 0. The maximum absolute atomic E-state index is 15.1. The lowest BCUT2D eigenvalue weighted by atomic mass is 9.64. The van der Waals surface area contributed by atoms with Gasteiger partial charge in [0.1, 0.15) is 5.82 Å². The van der Waals surface area contributed by atoms with E-state index >= 15 is 4.39 Å². The molecule has 0 saturated heterocycles. The van der Waals surface area contributed by atoms with E-state index in [0.717, 1.165) is 19.3 Å². The van der Waals surface area contributed by atoms with E-state index in [4.69, 9.17) is 0 Å². The fourth-order valence-electron chi connectivity index (χ4n) is 5.86. The molecule has 4 rings (SSSR count). The van der Waals surface area contributed by atoms with Gasteiger partial charge in [0.15, 0.2) is 11.6 Å². The number of halogens is 3. The van der Waals surface area contributed by atoms with Gasteiger partial charge in [0.25, 0.3) is 0 Å². The Hall–Kier alpha value is -2.73. The van der Waals surface area contributed by atoms with Crippen molar-refractivity contribution in [3.05, 3.63) is 94.8 Å². The standard InChI is InChI=1S/C31H33F3/c1-3-5-7-23-11-8-22(19-29(23)32)9-12-24-16-17-28(31(34)30(24)33)27-15-14-25-18-21(6-4-2)10-13-26(25)20-27/h3-4,6,8,11,16-17,19,21,25-27H,1,5,7,10,13-15,18,20H2,2H3/b6-4+. The Labute approximate surface area is 202 Å². The van der Waals surface area contributed by atoms with Gasteiger partial charge in [0.2, 0.25) is 0 Å². The second kappa shape index (κ2) is 11.1. The van der Waals surface area contributed by atoms with Crippen LogP contribution in [0.15, 0.2) is 55.1 Å². The van der Waals surface area contributed by atoms with Gasteiger partial charge in [-0.2, -0.15) is 0 Å². The summed E-state index contributed by atoms with van der Waals surface area (Å²) in [6.07, 6.45) is 14.0. The van der Waals surface area contributed by atoms with E-state index in [1.165, 1.54) is 25.3 Å². The summed E-state index contributed by atoms with van der Waals surface area (Å²) in [5.41, 5.74) is 1.53. The summed E-state index contributed by atoms with van der Waals surface area (Å²) in [7, 11) is 0. The monoisotopic (exact) mass is 462 g/mol. The van der Waals surface area contributed by atoms with Gasteiger partial charge in [-0.05, 0) is 111 Å². The van der Waals surface area contributed by atoms with Crippen LogP contribution in [-0.2, 0) is 6.42 Å². The number of rotatable bonds is 5. The van der Waals surface area contributed by atoms with E-state index in [0.29, 0.717) is 47.3 Å². The number of hydrogen-bond donors (Lipinski definition) is 0. The molecule has 0 spiro atoms. The lowest BCUT2D eigenvalue weighted by Gasteiger charge is -2.41. The largest absolute Gasteiger partial charge is 0.207 e. The highest BCUT2D eigenvalue weighted by atomic mass is 19.2. The van der Waals surface area contributed by atoms with Crippen molar-refractivity contribution in [2.45, 2.75) is 64.2 Å². The molecule has 2 aromatic rings. The third-order valence-corrected chi connectivity index (χ3v) is 7.68. The Kier molecular flexibility index (Phi) is 7.99. The zero-order valence-corrected chi connectivity index (χ0v) is 19.9. The second-order valence-corrected chi connectivity index (χ2v) is 9.84. The van der Waals surface area contributed by atoms with Crippen LogP contribution in [0.3, 0.4) is 0 Å². The Morgan fingerprint density at radius 2 is 1.74 bits per heavy atom. The van der Waals surface area contributed by atoms with Gasteiger partial charge in [-0.1, -0.05) is 42.2 Å². The lowest BCUT2D eigenvalue weighted by Crippen LogP contribution is -2.30. The van der Waals surface area contributed by atoms with Crippen LogP contribution in [0.25, 0.3) is 0 Å². The maximum Gasteiger partial charge on any atom is 0.174 e. The molecule has 34 heavy (non-hydrogen) atoms. The highest BCUT2D eigenvalue weighted by Crippen LogP contribution is 2.48. The van der Waals surface area contributed by atoms with Crippen LogP contribution in [0, 0.1) is 47.0 Å². The molecule has 0 aliphatic heterocycles. The first-order valence-electron chi connectivity index (χ1n) is 12.5. The van der Waals surface area contributed by atoms with Crippen LogP contribution in [-0.4, -0.2) is 0 Å². The third-order valence-electron chi connectivity index (χ3n) is 7.68. The molecule has 0 amide bonds. The molecule has 4 unspecified atom stereocenters. The van der Waals surface area contributed by atoms with Crippen LogP contribution in [0.5, 0.6) is 0 Å². The number of allylic oxidation sites excluding steroid dienone is 3. The van der Waals surface area contributed by atoms with Crippen molar-refractivity contribution >= 4 is 0 Å². The summed E-state index contributed by atoms with van der Waals surface area (Å²) in [4.78, 5) is 0. The number of benzene rings is 2. The summed E-state index contributed by atoms with van der Waals surface area (Å²) >= 11 is 0. The van der Waals surface area contributed by atoms with E-state index in [-0.39, 0.29) is 17.3 Å². The molecule has 0 aromatic heterocycles. The van der Waals surface area contributed by atoms with E-state index in [1.807, 2.05) is 0 Å². The van der Waals surface area contributed by atoms with Crippen molar-refractivity contribution < 1.29 is 13.2 Å². The Morgan fingerprint density at radius 3 is 2.50 bits per heavy atom. The molecule has 178 valence electrons. The molecule has 4 atom stereocenters. The van der Waals surface area contributed by atoms with Crippen molar-refractivity contribution in [1.29, 1.82) is 0 Å². The summed E-state index contributed by atoms with van der Waals surface area (Å²) in [6, 6.07) is 8.02. The molecule has 3 heteroatoms. The molecular formula is C31H33F3. The normalized spacial score (nSPS) is 24.4. The predicted octanol–water partition coefficient (Wildman–Crippen LogP) is 8.50. The SMILES string of the molecule is C=CCCc1ccc(C#Cc2ccc(C3CCC4CC(/C=C/C)CCC4C3)c(F)c2F)cc1F. The quantitative estimate of drug-likeness (QED) is 0.309. The van der Waals surface area contributed by atoms with Crippen LogP contribution >= 0.6 is 0 Å². The summed E-state index contributed by atoms with van der Waals surface area (Å²) in [5, 5.41) is 0. The Balaban J connectivity index is 1.46. The molecule has 2 fully saturated rings. The molecule has 2 saturated carbocycles. The molecule has 2 aromatic carbocycles. The van der Waals surface area contributed by atoms with Crippen molar-refractivity contribution in [1.82, 2.24) is 0 Å². The van der Waals surface area contributed by atoms with Gasteiger partial charge in [0.05, 0.1) is 5.56 Å². The van der Waals surface area contributed by atoms with Gasteiger partial charge in [-0.3, -0.25) is 0 Å². The molecule has 0 radical (unpaired) electrons. The highest BCUT2D eigenvalue weighted by molar-refractivity contribution is 5.46. The Bertz CT molecular complexity index is 1120. The van der Waals surface area contributed by atoms with Gasteiger partial charge in [0, 0.05) is 5.56 Å². The lowest BCUT2D eigenvalue weighted by molar-refractivity contribution is 0.132. The van der Waals surface area contributed by atoms with Crippen LogP contribution < -0.4 is 0 Å².